The second kappa shape index (κ2) is 6.44. The SMILES string of the molecule is C=C(C)CNC(=O)Nc1cccc(CC(=O)O)c1. The standard InChI is InChI=1S/C13H16N2O3/c1-9(2)8-14-13(18)15-11-5-3-4-10(6-11)7-12(16)17/h3-6H,1,7-8H2,2H3,(H,16,17)(H2,14,15,18). The van der Waals surface area contributed by atoms with E-state index in [-0.39, 0.29) is 12.5 Å². The molecular weight excluding hydrogens is 232 g/mol. The topological polar surface area (TPSA) is 78.4 Å². The fourth-order valence-electron chi connectivity index (χ4n) is 1.34. The molecule has 0 aliphatic heterocycles. The third-order valence-corrected chi connectivity index (χ3v) is 2.09. The number of aliphatic carboxylic acids is 1. The zero-order valence-electron chi connectivity index (χ0n) is 10.2. The molecule has 0 bridgehead atoms. The van der Waals surface area contributed by atoms with Gasteiger partial charge in [0.15, 0.2) is 0 Å². The van der Waals surface area contributed by atoms with E-state index < -0.39 is 5.97 Å². The summed E-state index contributed by atoms with van der Waals surface area (Å²) in [6, 6.07) is 6.39. The number of carboxylic acid groups (broad SMARTS) is 1. The monoisotopic (exact) mass is 248 g/mol. The Morgan fingerprint density at radius 3 is 2.72 bits per heavy atom. The number of anilines is 1. The normalized spacial score (nSPS) is 9.61. The molecule has 0 atom stereocenters. The van der Waals surface area contributed by atoms with Gasteiger partial charge in [0.1, 0.15) is 0 Å². The molecule has 1 aromatic rings. The minimum Gasteiger partial charge on any atom is -0.481 e. The second-order valence-electron chi connectivity index (χ2n) is 4.04. The van der Waals surface area contributed by atoms with Gasteiger partial charge in [-0.15, -0.1) is 0 Å². The maximum Gasteiger partial charge on any atom is 0.319 e. The summed E-state index contributed by atoms with van der Waals surface area (Å²) in [5, 5.41) is 13.9. The molecule has 18 heavy (non-hydrogen) atoms. The lowest BCUT2D eigenvalue weighted by atomic mass is 10.1. The number of carbonyl (C=O) groups excluding carboxylic acids is 1. The average molecular weight is 248 g/mol. The van der Waals surface area contributed by atoms with Crippen LogP contribution in [0.4, 0.5) is 10.5 Å². The van der Waals surface area contributed by atoms with Crippen LogP contribution in [0.3, 0.4) is 0 Å². The third-order valence-electron chi connectivity index (χ3n) is 2.09. The molecule has 0 heterocycles. The number of carboxylic acids is 1. The van der Waals surface area contributed by atoms with Gasteiger partial charge >= 0.3 is 12.0 Å². The Hall–Kier alpha value is -2.30. The highest BCUT2D eigenvalue weighted by atomic mass is 16.4. The summed E-state index contributed by atoms with van der Waals surface area (Å²) < 4.78 is 0. The van der Waals surface area contributed by atoms with Crippen molar-refractivity contribution in [3.8, 4) is 0 Å². The minimum absolute atomic E-state index is 0.0666. The van der Waals surface area contributed by atoms with E-state index in [2.05, 4.69) is 17.2 Å². The molecular formula is C13H16N2O3. The fourth-order valence-corrected chi connectivity index (χ4v) is 1.34. The Kier molecular flexibility index (Phi) is 4.92. The van der Waals surface area contributed by atoms with Crippen LogP contribution in [-0.2, 0) is 11.2 Å². The van der Waals surface area contributed by atoms with Crippen LogP contribution in [0.2, 0.25) is 0 Å². The largest absolute Gasteiger partial charge is 0.481 e. The van der Waals surface area contributed by atoms with Crippen molar-refractivity contribution in [2.75, 3.05) is 11.9 Å². The quantitative estimate of drug-likeness (QED) is 0.697. The van der Waals surface area contributed by atoms with Crippen LogP contribution >= 0.6 is 0 Å². The first-order valence-electron chi connectivity index (χ1n) is 5.47. The Bertz CT molecular complexity index is 469. The van der Waals surface area contributed by atoms with Crippen molar-refractivity contribution in [2.24, 2.45) is 0 Å². The van der Waals surface area contributed by atoms with Gasteiger partial charge in [0.2, 0.25) is 0 Å². The number of carbonyl (C=O) groups is 2. The molecule has 3 N–H and O–H groups in total. The summed E-state index contributed by atoms with van der Waals surface area (Å²) in [5.74, 6) is -0.904. The molecule has 5 nitrogen and oxygen atoms in total. The Morgan fingerprint density at radius 2 is 2.11 bits per heavy atom. The Labute approximate surface area is 106 Å². The number of nitrogens with one attached hydrogen (secondary N) is 2. The molecule has 0 aliphatic rings. The van der Waals surface area contributed by atoms with Gasteiger partial charge in [-0.1, -0.05) is 24.3 Å². The van der Waals surface area contributed by atoms with E-state index in [1.165, 1.54) is 0 Å². The van der Waals surface area contributed by atoms with E-state index >= 15 is 0 Å². The predicted octanol–water partition coefficient (Wildman–Crippen LogP) is 2.01. The molecule has 1 rings (SSSR count). The zero-order chi connectivity index (χ0) is 13.5. The van der Waals surface area contributed by atoms with Crippen LogP contribution in [-0.4, -0.2) is 23.7 Å². The Morgan fingerprint density at radius 1 is 1.39 bits per heavy atom. The van der Waals surface area contributed by atoms with Crippen LogP contribution in [0.15, 0.2) is 36.4 Å². The average Bonchev–Trinajstić information content (AvgIpc) is 2.26. The lowest BCUT2D eigenvalue weighted by Crippen LogP contribution is -2.29. The zero-order valence-corrected chi connectivity index (χ0v) is 10.2. The van der Waals surface area contributed by atoms with Crippen molar-refractivity contribution in [1.29, 1.82) is 0 Å². The van der Waals surface area contributed by atoms with Crippen LogP contribution in [0.5, 0.6) is 0 Å². The van der Waals surface area contributed by atoms with E-state index in [9.17, 15) is 9.59 Å². The molecule has 0 aliphatic carbocycles. The number of rotatable bonds is 5. The van der Waals surface area contributed by atoms with Gasteiger partial charge in [-0.3, -0.25) is 4.79 Å². The van der Waals surface area contributed by atoms with E-state index in [0.717, 1.165) is 5.57 Å². The summed E-state index contributed by atoms with van der Waals surface area (Å²) in [7, 11) is 0. The van der Waals surface area contributed by atoms with Gasteiger partial charge in [0.25, 0.3) is 0 Å². The maximum absolute atomic E-state index is 11.5. The summed E-state index contributed by atoms with van der Waals surface area (Å²) in [6.45, 7) is 5.89. The van der Waals surface area contributed by atoms with Gasteiger partial charge in [-0.2, -0.15) is 0 Å². The number of amides is 2. The number of hydrogen-bond donors (Lipinski definition) is 3. The predicted molar refractivity (Wildman–Crippen MR) is 69.6 cm³/mol. The van der Waals surface area contributed by atoms with Crippen molar-refractivity contribution in [1.82, 2.24) is 5.32 Å². The van der Waals surface area contributed by atoms with E-state index in [4.69, 9.17) is 5.11 Å². The van der Waals surface area contributed by atoms with E-state index in [0.29, 0.717) is 17.8 Å². The summed E-state index contributed by atoms with van der Waals surface area (Å²) in [6.07, 6.45) is -0.0666. The molecule has 0 aromatic heterocycles. The van der Waals surface area contributed by atoms with Crippen molar-refractivity contribution in [2.45, 2.75) is 13.3 Å². The second-order valence-corrected chi connectivity index (χ2v) is 4.04. The summed E-state index contributed by atoms with van der Waals surface area (Å²) in [4.78, 5) is 22.0. The molecule has 0 saturated heterocycles. The summed E-state index contributed by atoms with van der Waals surface area (Å²) in [5.41, 5.74) is 2.05. The van der Waals surface area contributed by atoms with Gasteiger partial charge in [-0.05, 0) is 24.6 Å². The lowest BCUT2D eigenvalue weighted by Gasteiger charge is -2.08. The number of hydrogen-bond acceptors (Lipinski definition) is 2. The van der Waals surface area contributed by atoms with Crippen LogP contribution < -0.4 is 10.6 Å². The van der Waals surface area contributed by atoms with E-state index in [1.54, 1.807) is 24.3 Å². The van der Waals surface area contributed by atoms with Gasteiger partial charge in [0, 0.05) is 12.2 Å². The first kappa shape index (κ1) is 13.8. The highest BCUT2D eigenvalue weighted by Gasteiger charge is 2.04. The van der Waals surface area contributed by atoms with Crippen molar-refractivity contribution < 1.29 is 14.7 Å². The fraction of sp³-hybridized carbons (Fsp3) is 0.231. The van der Waals surface area contributed by atoms with Gasteiger partial charge in [0.05, 0.1) is 6.42 Å². The van der Waals surface area contributed by atoms with Gasteiger partial charge in [-0.25, -0.2) is 4.79 Å². The van der Waals surface area contributed by atoms with Crippen molar-refractivity contribution in [3.05, 3.63) is 42.0 Å². The molecule has 2 amide bonds. The van der Waals surface area contributed by atoms with Crippen molar-refractivity contribution >= 4 is 17.7 Å². The highest BCUT2D eigenvalue weighted by molar-refractivity contribution is 5.89. The first-order valence-corrected chi connectivity index (χ1v) is 5.47. The van der Waals surface area contributed by atoms with Crippen molar-refractivity contribution in [3.63, 3.8) is 0 Å². The molecule has 96 valence electrons. The molecule has 5 heteroatoms. The Balaban J connectivity index is 2.58. The highest BCUT2D eigenvalue weighted by Crippen LogP contribution is 2.11. The number of benzene rings is 1. The van der Waals surface area contributed by atoms with E-state index in [1.807, 2.05) is 6.92 Å². The molecule has 1 aromatic carbocycles. The molecule has 0 unspecified atom stereocenters. The van der Waals surface area contributed by atoms with Crippen LogP contribution in [0.25, 0.3) is 0 Å². The minimum atomic E-state index is -0.904. The molecule has 0 fully saturated rings. The van der Waals surface area contributed by atoms with Gasteiger partial charge < -0.3 is 15.7 Å². The third kappa shape index (κ3) is 5.16. The molecule has 0 radical (unpaired) electrons. The maximum atomic E-state index is 11.5. The lowest BCUT2D eigenvalue weighted by molar-refractivity contribution is -0.136. The van der Waals surface area contributed by atoms with Crippen LogP contribution in [0.1, 0.15) is 12.5 Å². The number of urea groups is 1. The smallest absolute Gasteiger partial charge is 0.319 e. The van der Waals surface area contributed by atoms with Crippen LogP contribution in [0, 0.1) is 0 Å². The molecule has 0 spiro atoms. The molecule has 0 saturated carbocycles. The first-order chi connectivity index (χ1) is 8.47. The summed E-state index contributed by atoms with van der Waals surface area (Å²) >= 11 is 0.